The van der Waals surface area contributed by atoms with Gasteiger partial charge in [-0.15, -0.1) is 0 Å². The van der Waals surface area contributed by atoms with Gasteiger partial charge in [-0.2, -0.15) is 0 Å². The van der Waals surface area contributed by atoms with Crippen molar-refractivity contribution in [1.82, 2.24) is 0 Å². The van der Waals surface area contributed by atoms with E-state index in [0.29, 0.717) is 28.4 Å². The number of hydrogen-bond donors (Lipinski definition) is 1. The Kier molecular flexibility index (Phi) is 5.58. The molecule has 8 nitrogen and oxygen atoms in total. The van der Waals surface area contributed by atoms with Gasteiger partial charge in [-0.05, 0) is 60.7 Å². The summed E-state index contributed by atoms with van der Waals surface area (Å²) in [6.45, 7) is -0.0939. The van der Waals surface area contributed by atoms with Crippen LogP contribution in [0.4, 0.5) is 17.1 Å². The van der Waals surface area contributed by atoms with Crippen LogP contribution in [0.5, 0.6) is 5.75 Å². The zero-order valence-electron chi connectivity index (χ0n) is 17.5. The first-order valence-electron chi connectivity index (χ1n) is 9.75. The van der Waals surface area contributed by atoms with Gasteiger partial charge in [0.15, 0.2) is 0 Å². The Morgan fingerprint density at radius 3 is 2.31 bits per heavy atom. The summed E-state index contributed by atoms with van der Waals surface area (Å²) in [4.78, 5) is 26.6. The average Bonchev–Trinajstić information content (AvgIpc) is 2.82. The maximum absolute atomic E-state index is 13.1. The third-order valence-corrected chi connectivity index (χ3v) is 7.01. The van der Waals surface area contributed by atoms with Gasteiger partial charge in [-0.1, -0.05) is 12.1 Å². The van der Waals surface area contributed by atoms with Gasteiger partial charge in [0.05, 0.1) is 29.1 Å². The minimum atomic E-state index is -3.79. The van der Waals surface area contributed by atoms with E-state index in [0.717, 1.165) is 4.31 Å². The lowest BCUT2D eigenvalue weighted by Gasteiger charge is -2.29. The molecular weight excluding hydrogens is 430 g/mol. The van der Waals surface area contributed by atoms with E-state index in [2.05, 4.69) is 5.32 Å². The Bertz CT molecular complexity index is 1270. The number of carbonyl (C=O) groups is 2. The number of methoxy groups -OCH3 is 1. The van der Waals surface area contributed by atoms with Crippen LogP contribution in [0.2, 0.25) is 0 Å². The second kappa shape index (κ2) is 8.35. The number of anilines is 3. The van der Waals surface area contributed by atoms with Gasteiger partial charge in [0.2, 0.25) is 5.91 Å². The van der Waals surface area contributed by atoms with Gasteiger partial charge in [0, 0.05) is 12.6 Å². The van der Waals surface area contributed by atoms with Crippen LogP contribution in [0.1, 0.15) is 10.4 Å². The van der Waals surface area contributed by atoms with E-state index in [1.54, 1.807) is 60.7 Å². The number of amides is 2. The van der Waals surface area contributed by atoms with E-state index in [4.69, 9.17) is 4.74 Å². The SMILES string of the molecule is COc1ccc(S(=O)(=O)N(C)c2ccc(C(=O)N3CC(=O)Nc4ccccc43)cc2)cc1. The maximum atomic E-state index is 13.1. The molecule has 0 fully saturated rings. The number of ether oxygens (including phenoxy) is 1. The van der Waals surface area contributed by atoms with E-state index in [-0.39, 0.29) is 23.3 Å². The highest BCUT2D eigenvalue weighted by atomic mass is 32.2. The Morgan fingerprint density at radius 2 is 1.66 bits per heavy atom. The van der Waals surface area contributed by atoms with E-state index < -0.39 is 10.0 Å². The minimum Gasteiger partial charge on any atom is -0.497 e. The molecule has 1 aliphatic rings. The molecule has 0 saturated carbocycles. The van der Waals surface area contributed by atoms with Crippen LogP contribution in [0.3, 0.4) is 0 Å². The number of rotatable bonds is 5. The molecule has 0 aliphatic carbocycles. The van der Waals surface area contributed by atoms with Crippen LogP contribution in [-0.2, 0) is 14.8 Å². The third-order valence-electron chi connectivity index (χ3n) is 5.21. The first-order chi connectivity index (χ1) is 15.3. The van der Waals surface area contributed by atoms with Crippen LogP contribution in [-0.4, -0.2) is 40.9 Å². The Balaban J connectivity index is 1.58. The number of para-hydroxylation sites is 2. The van der Waals surface area contributed by atoms with Gasteiger partial charge in [0.1, 0.15) is 12.3 Å². The van der Waals surface area contributed by atoms with E-state index in [1.807, 2.05) is 0 Å². The van der Waals surface area contributed by atoms with Crippen molar-refractivity contribution in [3.63, 3.8) is 0 Å². The van der Waals surface area contributed by atoms with Gasteiger partial charge in [0.25, 0.3) is 15.9 Å². The molecule has 0 saturated heterocycles. The van der Waals surface area contributed by atoms with Crippen molar-refractivity contribution >= 4 is 38.9 Å². The van der Waals surface area contributed by atoms with Crippen LogP contribution < -0.4 is 19.3 Å². The van der Waals surface area contributed by atoms with Crippen molar-refractivity contribution in [3.8, 4) is 5.75 Å². The molecule has 1 aliphatic heterocycles. The molecule has 0 unspecified atom stereocenters. The van der Waals surface area contributed by atoms with Crippen molar-refractivity contribution < 1.29 is 22.7 Å². The van der Waals surface area contributed by atoms with Crippen molar-refractivity contribution in [1.29, 1.82) is 0 Å². The number of benzene rings is 3. The van der Waals surface area contributed by atoms with E-state index in [1.165, 1.54) is 31.2 Å². The number of hydrogen-bond acceptors (Lipinski definition) is 5. The van der Waals surface area contributed by atoms with Crippen LogP contribution in [0.25, 0.3) is 0 Å². The molecule has 164 valence electrons. The third kappa shape index (κ3) is 3.90. The summed E-state index contributed by atoms with van der Waals surface area (Å²) in [5, 5.41) is 2.75. The zero-order chi connectivity index (χ0) is 22.9. The van der Waals surface area contributed by atoms with Gasteiger partial charge in [-0.25, -0.2) is 8.42 Å². The fraction of sp³-hybridized carbons (Fsp3) is 0.130. The zero-order valence-corrected chi connectivity index (χ0v) is 18.3. The van der Waals surface area contributed by atoms with Crippen molar-refractivity contribution in [2.75, 3.05) is 35.2 Å². The van der Waals surface area contributed by atoms with Crippen molar-refractivity contribution in [3.05, 3.63) is 78.4 Å². The fourth-order valence-electron chi connectivity index (χ4n) is 3.43. The molecule has 3 aromatic carbocycles. The lowest BCUT2D eigenvalue weighted by atomic mass is 10.1. The highest BCUT2D eigenvalue weighted by Crippen LogP contribution is 2.30. The molecule has 1 heterocycles. The fourth-order valence-corrected chi connectivity index (χ4v) is 4.62. The highest BCUT2D eigenvalue weighted by Gasteiger charge is 2.28. The first-order valence-corrected chi connectivity index (χ1v) is 11.2. The highest BCUT2D eigenvalue weighted by molar-refractivity contribution is 7.92. The molecule has 0 radical (unpaired) electrons. The van der Waals surface area contributed by atoms with Crippen LogP contribution in [0.15, 0.2) is 77.7 Å². The molecule has 0 spiro atoms. The Hall–Kier alpha value is -3.85. The summed E-state index contributed by atoms with van der Waals surface area (Å²) in [6, 6.07) is 19.4. The molecule has 2 amide bonds. The van der Waals surface area contributed by atoms with Crippen LogP contribution >= 0.6 is 0 Å². The second-order valence-electron chi connectivity index (χ2n) is 7.15. The van der Waals surface area contributed by atoms with Gasteiger partial charge < -0.3 is 10.1 Å². The molecular formula is C23H21N3O5S. The molecule has 4 rings (SSSR count). The average molecular weight is 452 g/mol. The lowest BCUT2D eigenvalue weighted by Crippen LogP contribution is -2.42. The summed E-state index contributed by atoms with van der Waals surface area (Å²) >= 11 is 0. The molecule has 0 aromatic heterocycles. The van der Waals surface area contributed by atoms with Crippen molar-refractivity contribution in [2.45, 2.75) is 4.90 Å². The molecule has 0 bridgehead atoms. The van der Waals surface area contributed by atoms with E-state index >= 15 is 0 Å². The number of fused-ring (bicyclic) bond motifs is 1. The Labute approximate surface area is 186 Å². The summed E-state index contributed by atoms with van der Waals surface area (Å²) < 4.78 is 32.1. The number of sulfonamides is 1. The minimum absolute atomic E-state index is 0.0939. The quantitative estimate of drug-likeness (QED) is 0.643. The van der Waals surface area contributed by atoms with Crippen LogP contribution in [0, 0.1) is 0 Å². The normalized spacial score (nSPS) is 13.2. The predicted octanol–water partition coefficient (Wildman–Crippen LogP) is 3.12. The first kappa shape index (κ1) is 21.4. The summed E-state index contributed by atoms with van der Waals surface area (Å²) in [5.41, 5.74) is 1.92. The van der Waals surface area contributed by atoms with E-state index in [9.17, 15) is 18.0 Å². The molecule has 9 heteroatoms. The van der Waals surface area contributed by atoms with Gasteiger partial charge in [-0.3, -0.25) is 18.8 Å². The van der Waals surface area contributed by atoms with Crippen molar-refractivity contribution in [2.24, 2.45) is 0 Å². The molecule has 3 aromatic rings. The molecule has 32 heavy (non-hydrogen) atoms. The smallest absolute Gasteiger partial charge is 0.264 e. The molecule has 1 N–H and O–H groups in total. The van der Waals surface area contributed by atoms with Gasteiger partial charge >= 0.3 is 0 Å². The lowest BCUT2D eigenvalue weighted by molar-refractivity contribution is -0.115. The topological polar surface area (TPSA) is 96.0 Å². The standard InChI is InChI=1S/C23H21N3O5S/c1-25(32(29,30)19-13-11-18(31-2)12-14-19)17-9-7-16(8-10-17)23(28)26-15-22(27)24-20-5-3-4-6-21(20)26/h3-14H,15H2,1-2H3,(H,24,27). The summed E-state index contributed by atoms with van der Waals surface area (Å²) in [6.07, 6.45) is 0. The summed E-state index contributed by atoms with van der Waals surface area (Å²) in [7, 11) is -0.835. The largest absolute Gasteiger partial charge is 0.497 e. The molecule has 0 atom stereocenters. The maximum Gasteiger partial charge on any atom is 0.264 e. The monoisotopic (exact) mass is 451 g/mol. The number of carbonyl (C=O) groups excluding carboxylic acids is 2. The Morgan fingerprint density at radius 1 is 1.00 bits per heavy atom. The number of nitrogens with zero attached hydrogens (tertiary/aromatic N) is 2. The summed E-state index contributed by atoms with van der Waals surface area (Å²) in [5.74, 6) is -0.0686. The predicted molar refractivity (Wildman–Crippen MR) is 122 cm³/mol. The number of nitrogens with one attached hydrogen (secondary N) is 1. The second-order valence-corrected chi connectivity index (χ2v) is 9.12.